The zero-order chi connectivity index (χ0) is 28.8. The largest absolute Gasteiger partial charge is 0.491 e. The van der Waals surface area contributed by atoms with E-state index in [-0.39, 0.29) is 36.3 Å². The average molecular weight is 595 g/mol. The lowest BCUT2D eigenvalue weighted by Gasteiger charge is -2.26. The van der Waals surface area contributed by atoms with E-state index in [0.717, 1.165) is 6.07 Å². The van der Waals surface area contributed by atoms with Crippen molar-refractivity contribution in [2.75, 3.05) is 13.2 Å². The lowest BCUT2D eigenvalue weighted by atomic mass is 10.1. The van der Waals surface area contributed by atoms with Crippen LogP contribution in [0.5, 0.6) is 5.75 Å². The van der Waals surface area contributed by atoms with Crippen LogP contribution in [0, 0.1) is 5.82 Å². The van der Waals surface area contributed by atoms with E-state index in [1.807, 2.05) is 0 Å². The molecule has 3 heterocycles. The molecule has 2 amide bonds. The van der Waals surface area contributed by atoms with Gasteiger partial charge in [-0.2, -0.15) is 0 Å². The molecule has 216 valence electrons. The number of hydrogen-bond donors (Lipinski definition) is 0. The number of fused-ring (bicyclic) bond motifs is 1. The Kier molecular flexibility index (Phi) is 8.09. The number of unbranched alkanes of at least 4 members (excludes halogenated alkanes) is 1. The molecular formula is C27H32FNO9P2. The minimum Gasteiger partial charge on any atom is -0.491 e. The van der Waals surface area contributed by atoms with Gasteiger partial charge < -0.3 is 22.8 Å². The van der Waals surface area contributed by atoms with Crippen LogP contribution in [0.1, 0.15) is 72.2 Å². The highest BCUT2D eigenvalue weighted by molar-refractivity contribution is 7.72. The molecule has 0 aromatic heterocycles. The van der Waals surface area contributed by atoms with Crippen LogP contribution in [-0.4, -0.2) is 54.3 Å². The fourth-order valence-corrected chi connectivity index (χ4v) is 11.1. The molecular weight excluding hydrogens is 563 g/mol. The van der Waals surface area contributed by atoms with E-state index < -0.39 is 50.8 Å². The predicted octanol–water partition coefficient (Wildman–Crippen LogP) is 6.31. The summed E-state index contributed by atoms with van der Waals surface area (Å²) in [6, 6.07) is 10.4. The first-order valence-electron chi connectivity index (χ1n) is 13.2. The first-order valence-corrected chi connectivity index (χ1v) is 16.5. The van der Waals surface area contributed by atoms with Crippen molar-refractivity contribution in [1.29, 1.82) is 0 Å². The van der Waals surface area contributed by atoms with E-state index in [1.165, 1.54) is 17.0 Å². The number of hydrogen-bond acceptors (Lipinski definition) is 9. The molecule has 10 nitrogen and oxygen atoms in total. The Morgan fingerprint density at radius 3 is 1.82 bits per heavy atom. The maximum atomic E-state index is 14.7. The van der Waals surface area contributed by atoms with Gasteiger partial charge in [-0.05, 0) is 70.4 Å². The van der Waals surface area contributed by atoms with E-state index in [9.17, 15) is 23.1 Å². The summed E-state index contributed by atoms with van der Waals surface area (Å²) in [5.74, 6) is -1.50. The van der Waals surface area contributed by atoms with Crippen LogP contribution < -0.4 is 4.74 Å². The molecule has 0 bridgehead atoms. The topological polar surface area (TPSA) is 118 Å². The minimum absolute atomic E-state index is 0.0751. The van der Waals surface area contributed by atoms with Gasteiger partial charge in [0.15, 0.2) is 17.0 Å². The zero-order valence-corrected chi connectivity index (χ0v) is 24.4. The highest BCUT2D eigenvalue weighted by Gasteiger charge is 2.60. The van der Waals surface area contributed by atoms with Gasteiger partial charge in [-0.1, -0.05) is 18.2 Å². The third-order valence-electron chi connectivity index (χ3n) is 7.34. The van der Waals surface area contributed by atoms with Crippen LogP contribution in [0.2, 0.25) is 0 Å². The van der Waals surface area contributed by atoms with Gasteiger partial charge in [-0.25, -0.2) is 4.39 Å². The molecule has 2 unspecified atom stereocenters. The number of carbonyl (C=O) groups is 2. The molecule has 0 saturated carbocycles. The second kappa shape index (κ2) is 11.1. The van der Waals surface area contributed by atoms with Gasteiger partial charge in [0.1, 0.15) is 0 Å². The van der Waals surface area contributed by atoms with E-state index in [2.05, 4.69) is 0 Å². The average Bonchev–Trinajstić information content (AvgIpc) is 3.42. The maximum absolute atomic E-state index is 14.7. The molecule has 0 N–H and O–H groups in total. The standard InChI is InChI=1S/C27H32FNO9P2/c1-16-17(2)36-39(32,35-16)27(40(33)37-18(3)19(4)38-40)20-11-12-23(28)24(15-20)34-14-8-7-13-29-25(30)21-9-5-6-10-22(21)26(29)31/h5-6,9-12,15-19,27H,7-8,13-14H2,1-4H3/t16-,17+,18-,19+,27?,39?,40?. The molecule has 13 heteroatoms. The summed E-state index contributed by atoms with van der Waals surface area (Å²) in [5, 5.41) is -1.43. The summed E-state index contributed by atoms with van der Waals surface area (Å²) in [6.07, 6.45) is -1.27. The summed E-state index contributed by atoms with van der Waals surface area (Å²) < 4.78 is 71.1. The molecule has 2 saturated heterocycles. The van der Waals surface area contributed by atoms with Gasteiger partial charge in [-0.15, -0.1) is 0 Å². The first kappa shape index (κ1) is 29.1. The molecule has 3 aliphatic rings. The van der Waals surface area contributed by atoms with Crippen molar-refractivity contribution in [2.45, 2.75) is 70.4 Å². The third-order valence-corrected chi connectivity index (χ3v) is 13.3. The van der Waals surface area contributed by atoms with Gasteiger partial charge >= 0.3 is 15.2 Å². The molecule has 0 spiro atoms. The van der Waals surface area contributed by atoms with Crippen molar-refractivity contribution in [2.24, 2.45) is 0 Å². The fraction of sp³-hybridized carbons (Fsp3) is 0.481. The summed E-state index contributed by atoms with van der Waals surface area (Å²) in [7, 11) is -8.13. The van der Waals surface area contributed by atoms with E-state index in [1.54, 1.807) is 52.0 Å². The number of benzene rings is 2. The smallest absolute Gasteiger partial charge is 0.350 e. The van der Waals surface area contributed by atoms with Crippen LogP contribution in [0.25, 0.3) is 0 Å². The minimum atomic E-state index is -4.06. The summed E-state index contributed by atoms with van der Waals surface area (Å²) in [5.41, 5.74) is 0.943. The number of amides is 2. The van der Waals surface area contributed by atoms with Gasteiger partial charge in [0.05, 0.1) is 42.1 Å². The van der Waals surface area contributed by atoms with Gasteiger partial charge in [-0.3, -0.25) is 23.6 Å². The maximum Gasteiger partial charge on any atom is 0.350 e. The van der Waals surface area contributed by atoms with Crippen molar-refractivity contribution in [3.63, 3.8) is 0 Å². The zero-order valence-electron chi connectivity index (χ0n) is 22.7. The number of carbonyl (C=O) groups excluding carboxylic acids is 2. The fourth-order valence-electron chi connectivity index (χ4n) is 4.88. The van der Waals surface area contributed by atoms with E-state index >= 15 is 0 Å². The molecule has 6 atom stereocenters. The molecule has 2 aromatic rings. The van der Waals surface area contributed by atoms with Crippen LogP contribution in [0.15, 0.2) is 42.5 Å². The number of imide groups is 1. The van der Waals surface area contributed by atoms with Crippen LogP contribution in [0.3, 0.4) is 0 Å². The Hall–Kier alpha value is -2.39. The predicted molar refractivity (Wildman–Crippen MR) is 143 cm³/mol. The van der Waals surface area contributed by atoms with Crippen molar-refractivity contribution < 1.29 is 45.9 Å². The number of halogens is 1. The highest BCUT2D eigenvalue weighted by atomic mass is 31.2. The van der Waals surface area contributed by atoms with Crippen LogP contribution in [-0.2, 0) is 27.2 Å². The summed E-state index contributed by atoms with van der Waals surface area (Å²) in [6.45, 7) is 7.05. The quantitative estimate of drug-likeness (QED) is 0.187. The number of ether oxygens (including phenoxy) is 1. The number of rotatable bonds is 9. The Bertz CT molecular complexity index is 1320. The molecule has 0 aliphatic carbocycles. The Morgan fingerprint density at radius 1 is 0.825 bits per heavy atom. The molecule has 0 radical (unpaired) electrons. The van der Waals surface area contributed by atoms with E-state index in [0.29, 0.717) is 24.0 Å². The molecule has 3 aliphatic heterocycles. The molecule has 2 fully saturated rings. The van der Waals surface area contributed by atoms with Gasteiger partial charge in [0, 0.05) is 6.54 Å². The lowest BCUT2D eigenvalue weighted by molar-refractivity contribution is 0.0649. The first-order chi connectivity index (χ1) is 18.9. The van der Waals surface area contributed by atoms with Gasteiger partial charge in [0.25, 0.3) is 11.8 Å². The SMILES string of the molecule is C[C@@H]1OP(=O)(C(c2ccc(F)c(OCCCCN3C(=O)c4ccccc4C3=O)c2)P2(=O)O[C@@H](C)[C@@H](C)O2)O[C@@H]1C. The molecule has 40 heavy (non-hydrogen) atoms. The number of nitrogens with zero attached hydrogens (tertiary/aromatic N) is 1. The Labute approximate surface area is 232 Å². The second-order valence-electron chi connectivity index (χ2n) is 10.2. The Morgan fingerprint density at radius 2 is 1.32 bits per heavy atom. The van der Waals surface area contributed by atoms with E-state index in [4.69, 9.17) is 22.8 Å². The summed E-state index contributed by atoms with van der Waals surface area (Å²) >= 11 is 0. The van der Waals surface area contributed by atoms with Crippen molar-refractivity contribution in [1.82, 2.24) is 4.90 Å². The van der Waals surface area contributed by atoms with Gasteiger partial charge in [0.2, 0.25) is 0 Å². The second-order valence-corrected chi connectivity index (χ2v) is 14.7. The lowest BCUT2D eigenvalue weighted by Crippen LogP contribution is -2.30. The third kappa shape index (κ3) is 5.31. The van der Waals surface area contributed by atoms with Crippen molar-refractivity contribution >= 4 is 27.0 Å². The summed E-state index contributed by atoms with van der Waals surface area (Å²) in [4.78, 5) is 26.2. The monoisotopic (exact) mass is 595 g/mol. The molecule has 5 rings (SSSR count). The highest BCUT2D eigenvalue weighted by Crippen LogP contribution is 2.82. The van der Waals surface area contributed by atoms with Crippen LogP contribution in [0.4, 0.5) is 4.39 Å². The normalized spacial score (nSPS) is 32.5. The van der Waals surface area contributed by atoms with Crippen molar-refractivity contribution in [3.05, 3.63) is 65.0 Å². The Balaban J connectivity index is 1.28. The molecule has 2 aromatic carbocycles. The van der Waals surface area contributed by atoms with Crippen molar-refractivity contribution in [3.8, 4) is 5.75 Å². The van der Waals surface area contributed by atoms with Crippen LogP contribution >= 0.6 is 15.2 Å².